The molecule has 0 aliphatic carbocycles. The number of hydrogen-bond acceptors (Lipinski definition) is 5. The smallest absolute Gasteiger partial charge is 0.248 e. The summed E-state index contributed by atoms with van der Waals surface area (Å²) < 4.78 is 28.4. The Hall–Kier alpha value is -4.40. The molecule has 2 aromatic carbocycles. The molecular formula is C22H16F2N6O. The fourth-order valence-corrected chi connectivity index (χ4v) is 2.72. The van der Waals surface area contributed by atoms with Crippen molar-refractivity contribution in [3.63, 3.8) is 0 Å². The molecule has 0 aliphatic heterocycles. The first-order valence-electron chi connectivity index (χ1n) is 9.20. The summed E-state index contributed by atoms with van der Waals surface area (Å²) in [5.74, 6) is -0.458. The number of benzene rings is 2. The summed E-state index contributed by atoms with van der Waals surface area (Å²) in [5, 5.41) is 9.94. The summed E-state index contributed by atoms with van der Waals surface area (Å²) in [6, 6.07) is 13.5. The van der Waals surface area contributed by atoms with E-state index in [1.807, 2.05) is 0 Å². The summed E-state index contributed by atoms with van der Waals surface area (Å²) in [4.78, 5) is 20.4. The van der Waals surface area contributed by atoms with Gasteiger partial charge in [-0.25, -0.2) is 23.4 Å². The van der Waals surface area contributed by atoms with E-state index in [1.165, 1.54) is 12.4 Å². The van der Waals surface area contributed by atoms with Gasteiger partial charge < -0.3 is 10.6 Å². The van der Waals surface area contributed by atoms with Crippen molar-refractivity contribution in [1.29, 1.82) is 0 Å². The van der Waals surface area contributed by atoms with Gasteiger partial charge in [-0.3, -0.25) is 4.79 Å². The Labute approximate surface area is 176 Å². The second-order valence-electron chi connectivity index (χ2n) is 6.40. The molecule has 7 nitrogen and oxygen atoms in total. The highest BCUT2D eigenvalue weighted by molar-refractivity contribution is 6.02. The lowest BCUT2D eigenvalue weighted by Gasteiger charge is -2.08. The first-order chi connectivity index (χ1) is 15.1. The van der Waals surface area contributed by atoms with Crippen LogP contribution in [0.5, 0.6) is 0 Å². The van der Waals surface area contributed by atoms with Crippen LogP contribution in [0.15, 0.2) is 79.4 Å². The molecule has 4 aromatic rings. The van der Waals surface area contributed by atoms with Crippen LogP contribution in [0, 0.1) is 11.6 Å². The molecule has 0 saturated heterocycles. The van der Waals surface area contributed by atoms with Gasteiger partial charge in [0.25, 0.3) is 0 Å². The van der Waals surface area contributed by atoms with E-state index < -0.39 is 17.5 Å². The minimum Gasteiger partial charge on any atom is -0.340 e. The highest BCUT2D eigenvalue weighted by atomic mass is 19.1. The molecule has 154 valence electrons. The number of anilines is 3. The van der Waals surface area contributed by atoms with Gasteiger partial charge in [-0.2, -0.15) is 5.10 Å². The molecule has 2 heterocycles. The van der Waals surface area contributed by atoms with E-state index in [9.17, 15) is 13.6 Å². The monoisotopic (exact) mass is 418 g/mol. The van der Waals surface area contributed by atoms with Gasteiger partial charge in [-0.1, -0.05) is 0 Å². The fraction of sp³-hybridized carbons (Fsp3) is 0. The number of halogens is 2. The van der Waals surface area contributed by atoms with Gasteiger partial charge in [-0.05, 0) is 54.6 Å². The quantitative estimate of drug-likeness (QED) is 0.455. The molecule has 4 rings (SSSR count). The maximum Gasteiger partial charge on any atom is 0.248 e. The number of nitrogens with one attached hydrogen (secondary N) is 2. The highest BCUT2D eigenvalue weighted by Gasteiger charge is 2.04. The van der Waals surface area contributed by atoms with Gasteiger partial charge in [0, 0.05) is 41.5 Å². The molecule has 1 amide bonds. The molecule has 2 aromatic heterocycles. The summed E-state index contributed by atoms with van der Waals surface area (Å²) in [5.41, 5.74) is 1.29. The predicted octanol–water partition coefficient (Wildman–Crippen LogP) is 4.34. The molecule has 0 unspecified atom stereocenters. The van der Waals surface area contributed by atoms with E-state index in [-0.39, 0.29) is 5.56 Å². The van der Waals surface area contributed by atoms with Crippen molar-refractivity contribution >= 4 is 29.2 Å². The van der Waals surface area contributed by atoms with Gasteiger partial charge in [-0.15, -0.1) is 0 Å². The first-order valence-corrected chi connectivity index (χ1v) is 9.20. The molecule has 0 saturated carbocycles. The van der Waals surface area contributed by atoms with Gasteiger partial charge in [0.1, 0.15) is 23.8 Å². The van der Waals surface area contributed by atoms with E-state index in [4.69, 9.17) is 0 Å². The molecule has 0 fully saturated rings. The number of carbonyl (C=O) groups is 1. The average Bonchev–Trinajstić information content (AvgIpc) is 3.31. The van der Waals surface area contributed by atoms with E-state index in [0.717, 1.165) is 30.0 Å². The van der Waals surface area contributed by atoms with E-state index >= 15 is 0 Å². The zero-order chi connectivity index (χ0) is 21.6. The summed E-state index contributed by atoms with van der Waals surface area (Å²) in [6.07, 6.45) is 7.23. The Kier molecular flexibility index (Phi) is 5.75. The molecule has 2 N–H and O–H groups in total. The number of rotatable bonds is 6. The van der Waals surface area contributed by atoms with Crippen molar-refractivity contribution in [2.24, 2.45) is 0 Å². The summed E-state index contributed by atoms with van der Waals surface area (Å²) in [7, 11) is 0. The average molecular weight is 418 g/mol. The fourth-order valence-electron chi connectivity index (χ4n) is 2.72. The second kappa shape index (κ2) is 8.95. The van der Waals surface area contributed by atoms with Crippen LogP contribution >= 0.6 is 0 Å². The molecule has 0 aliphatic rings. The Balaban J connectivity index is 1.38. The highest BCUT2D eigenvalue weighted by Crippen LogP contribution is 2.19. The van der Waals surface area contributed by atoms with E-state index in [2.05, 4.69) is 25.7 Å². The van der Waals surface area contributed by atoms with Crippen molar-refractivity contribution in [3.05, 3.63) is 96.6 Å². The number of nitrogens with zero attached hydrogens (tertiary/aromatic N) is 4. The lowest BCUT2D eigenvalue weighted by Crippen LogP contribution is -2.07. The summed E-state index contributed by atoms with van der Waals surface area (Å²) in [6.45, 7) is 0. The normalized spacial score (nSPS) is 10.9. The van der Waals surface area contributed by atoms with Crippen molar-refractivity contribution < 1.29 is 13.6 Å². The van der Waals surface area contributed by atoms with Crippen molar-refractivity contribution in [2.45, 2.75) is 0 Å². The maximum absolute atomic E-state index is 13.6. The van der Waals surface area contributed by atoms with Crippen LogP contribution in [-0.2, 0) is 4.79 Å². The van der Waals surface area contributed by atoms with Gasteiger partial charge >= 0.3 is 0 Å². The number of carbonyl (C=O) groups excluding carboxylic acids is 1. The lowest BCUT2D eigenvalue weighted by atomic mass is 10.2. The third-order valence-corrected chi connectivity index (χ3v) is 4.19. The van der Waals surface area contributed by atoms with Gasteiger partial charge in [0.15, 0.2) is 5.82 Å². The van der Waals surface area contributed by atoms with Gasteiger partial charge in [0.2, 0.25) is 5.91 Å². The minimum absolute atomic E-state index is 0.00553. The largest absolute Gasteiger partial charge is 0.340 e. The van der Waals surface area contributed by atoms with E-state index in [0.29, 0.717) is 17.3 Å². The molecule has 0 spiro atoms. The van der Waals surface area contributed by atoms with Crippen LogP contribution in [0.1, 0.15) is 5.56 Å². The SMILES string of the molecule is O=C(/C=C/c1cc(F)ccc1F)Nc1ccc(Nc2cc(-n3cccn3)ncn2)cc1. The lowest BCUT2D eigenvalue weighted by molar-refractivity contribution is -0.111. The molecular weight excluding hydrogens is 402 g/mol. The van der Waals surface area contributed by atoms with Crippen LogP contribution in [0.4, 0.5) is 26.0 Å². The third kappa shape index (κ3) is 5.15. The second-order valence-corrected chi connectivity index (χ2v) is 6.40. The van der Waals surface area contributed by atoms with Crippen LogP contribution in [0.2, 0.25) is 0 Å². The van der Waals surface area contributed by atoms with Gasteiger partial charge in [0.05, 0.1) is 0 Å². The van der Waals surface area contributed by atoms with Crippen molar-refractivity contribution in [2.75, 3.05) is 10.6 Å². The number of hydrogen-bond donors (Lipinski definition) is 2. The molecule has 0 bridgehead atoms. The summed E-state index contributed by atoms with van der Waals surface area (Å²) >= 11 is 0. The number of aromatic nitrogens is 4. The Morgan fingerprint density at radius 3 is 2.58 bits per heavy atom. The minimum atomic E-state index is -0.610. The number of amides is 1. The van der Waals surface area contributed by atoms with Crippen LogP contribution in [0.25, 0.3) is 11.9 Å². The zero-order valence-electron chi connectivity index (χ0n) is 16.0. The molecule has 0 atom stereocenters. The van der Waals surface area contributed by atoms with Crippen molar-refractivity contribution in [1.82, 2.24) is 19.7 Å². The first kappa shape index (κ1) is 19.9. The van der Waals surface area contributed by atoms with Crippen LogP contribution < -0.4 is 10.6 Å². The standard InChI is InChI=1S/C22H16F2N6O/c23-16-3-8-19(24)15(12-16)2-9-22(31)29-18-6-4-17(5-7-18)28-20-13-21(26-14-25-20)30-11-1-10-27-30/h1-14H,(H,29,31)(H,25,26,28)/b9-2+. The molecule has 0 radical (unpaired) electrons. The Morgan fingerprint density at radius 2 is 1.81 bits per heavy atom. The predicted molar refractivity (Wildman–Crippen MR) is 113 cm³/mol. The molecule has 9 heteroatoms. The Morgan fingerprint density at radius 1 is 1.00 bits per heavy atom. The topological polar surface area (TPSA) is 84.7 Å². The van der Waals surface area contributed by atoms with E-state index in [1.54, 1.807) is 53.5 Å². The van der Waals surface area contributed by atoms with Crippen LogP contribution in [-0.4, -0.2) is 25.7 Å². The Bertz CT molecular complexity index is 1220. The molecule has 31 heavy (non-hydrogen) atoms. The van der Waals surface area contributed by atoms with Crippen molar-refractivity contribution in [3.8, 4) is 5.82 Å². The maximum atomic E-state index is 13.6. The van der Waals surface area contributed by atoms with Crippen LogP contribution in [0.3, 0.4) is 0 Å². The zero-order valence-corrected chi connectivity index (χ0v) is 16.0. The third-order valence-electron chi connectivity index (χ3n) is 4.19.